The van der Waals surface area contributed by atoms with Gasteiger partial charge in [0.1, 0.15) is 0 Å². The van der Waals surface area contributed by atoms with E-state index in [1.807, 2.05) is 6.92 Å². The van der Waals surface area contributed by atoms with E-state index < -0.39 is 0 Å². The molecule has 6 heteroatoms. The van der Waals surface area contributed by atoms with Crippen molar-refractivity contribution in [2.45, 2.75) is 39.2 Å². The molecule has 3 heterocycles. The van der Waals surface area contributed by atoms with Crippen molar-refractivity contribution >= 4 is 11.3 Å². The summed E-state index contributed by atoms with van der Waals surface area (Å²) in [5.41, 5.74) is 1.17. The van der Waals surface area contributed by atoms with Crippen molar-refractivity contribution in [2.24, 2.45) is 0 Å². The van der Waals surface area contributed by atoms with Crippen molar-refractivity contribution in [3.05, 3.63) is 27.8 Å². The first kappa shape index (κ1) is 12.7. The van der Waals surface area contributed by atoms with Crippen molar-refractivity contribution in [3.8, 4) is 0 Å². The maximum Gasteiger partial charge on any atom is 0.223 e. The smallest absolute Gasteiger partial charge is 0.223 e. The molecule has 0 unspecified atom stereocenters. The first-order valence-electron chi connectivity index (χ1n) is 6.64. The van der Waals surface area contributed by atoms with Crippen molar-refractivity contribution in [3.63, 3.8) is 0 Å². The summed E-state index contributed by atoms with van der Waals surface area (Å²) in [5.74, 6) is 1.91. The van der Waals surface area contributed by atoms with Crippen LogP contribution in [0, 0.1) is 13.8 Å². The van der Waals surface area contributed by atoms with Gasteiger partial charge < -0.3 is 4.52 Å². The van der Waals surface area contributed by atoms with Crippen LogP contribution in [-0.2, 0) is 6.54 Å². The fourth-order valence-corrected chi connectivity index (χ4v) is 3.20. The van der Waals surface area contributed by atoms with Crippen LogP contribution in [-0.4, -0.2) is 33.1 Å². The molecule has 3 rings (SSSR count). The number of aryl methyl sites for hydroxylation is 2. The first-order valence-corrected chi connectivity index (χ1v) is 7.52. The molecule has 5 nitrogen and oxygen atoms in total. The van der Waals surface area contributed by atoms with Gasteiger partial charge in [0.15, 0.2) is 5.82 Å². The number of aromatic nitrogens is 3. The molecule has 0 aromatic carbocycles. The van der Waals surface area contributed by atoms with E-state index in [1.165, 1.54) is 12.1 Å². The zero-order valence-electron chi connectivity index (χ0n) is 11.3. The Bertz CT molecular complexity index is 550. The Morgan fingerprint density at radius 2 is 2.32 bits per heavy atom. The Kier molecular flexibility index (Phi) is 3.61. The summed E-state index contributed by atoms with van der Waals surface area (Å²) >= 11 is 1.72. The molecule has 1 fully saturated rings. The quantitative estimate of drug-likeness (QED) is 0.863. The SMILES string of the molecule is Cc1nc([C@@H]2CCCN(Cc3csc(C)n3)C2)no1. The van der Waals surface area contributed by atoms with Crippen LogP contribution in [0.25, 0.3) is 0 Å². The van der Waals surface area contributed by atoms with E-state index in [-0.39, 0.29) is 0 Å². The number of likely N-dealkylation sites (tertiary alicyclic amines) is 1. The number of hydrogen-bond donors (Lipinski definition) is 0. The molecule has 1 saturated heterocycles. The zero-order valence-corrected chi connectivity index (χ0v) is 12.1. The van der Waals surface area contributed by atoms with Gasteiger partial charge in [0.25, 0.3) is 0 Å². The van der Waals surface area contributed by atoms with Crippen LogP contribution in [0.3, 0.4) is 0 Å². The van der Waals surface area contributed by atoms with E-state index in [1.54, 1.807) is 11.3 Å². The van der Waals surface area contributed by atoms with Gasteiger partial charge in [0.05, 0.1) is 10.7 Å². The molecule has 0 aliphatic carbocycles. The molecule has 2 aromatic heterocycles. The van der Waals surface area contributed by atoms with Crippen LogP contribution in [0.15, 0.2) is 9.90 Å². The Labute approximate surface area is 116 Å². The van der Waals surface area contributed by atoms with Gasteiger partial charge in [0.2, 0.25) is 5.89 Å². The summed E-state index contributed by atoms with van der Waals surface area (Å²) in [5, 5.41) is 7.35. The largest absolute Gasteiger partial charge is 0.340 e. The third-order valence-corrected chi connectivity index (χ3v) is 4.29. The predicted octanol–water partition coefficient (Wildman–Crippen LogP) is 2.52. The van der Waals surface area contributed by atoms with Crippen LogP contribution >= 0.6 is 11.3 Å². The normalized spacial score (nSPS) is 20.8. The molecule has 0 bridgehead atoms. The topological polar surface area (TPSA) is 55.1 Å². The highest BCUT2D eigenvalue weighted by atomic mass is 32.1. The molecular formula is C13H18N4OS. The fraction of sp³-hybridized carbons (Fsp3) is 0.615. The van der Waals surface area contributed by atoms with Crippen molar-refractivity contribution in [2.75, 3.05) is 13.1 Å². The average Bonchev–Trinajstić information content (AvgIpc) is 2.99. The van der Waals surface area contributed by atoms with Gasteiger partial charge in [0, 0.05) is 31.3 Å². The summed E-state index contributed by atoms with van der Waals surface area (Å²) < 4.78 is 5.08. The number of hydrogen-bond acceptors (Lipinski definition) is 6. The highest BCUT2D eigenvalue weighted by Gasteiger charge is 2.25. The van der Waals surface area contributed by atoms with E-state index in [0.717, 1.165) is 36.9 Å². The maximum absolute atomic E-state index is 5.08. The lowest BCUT2D eigenvalue weighted by molar-refractivity contribution is 0.193. The lowest BCUT2D eigenvalue weighted by atomic mass is 9.97. The van der Waals surface area contributed by atoms with E-state index in [2.05, 4.69) is 32.3 Å². The second kappa shape index (κ2) is 5.38. The Balaban J connectivity index is 1.64. The molecule has 0 spiro atoms. The predicted molar refractivity (Wildman–Crippen MR) is 73.1 cm³/mol. The van der Waals surface area contributed by atoms with Crippen molar-refractivity contribution < 1.29 is 4.52 Å². The summed E-state index contributed by atoms with van der Waals surface area (Å²) in [6, 6.07) is 0. The molecule has 1 aliphatic rings. The molecule has 19 heavy (non-hydrogen) atoms. The molecule has 2 aromatic rings. The average molecular weight is 278 g/mol. The van der Waals surface area contributed by atoms with Gasteiger partial charge in [-0.3, -0.25) is 4.90 Å². The summed E-state index contributed by atoms with van der Waals surface area (Å²) in [7, 11) is 0. The zero-order chi connectivity index (χ0) is 13.2. The van der Waals surface area contributed by atoms with Gasteiger partial charge >= 0.3 is 0 Å². The van der Waals surface area contributed by atoms with Gasteiger partial charge in [-0.1, -0.05) is 5.16 Å². The number of thiazole rings is 1. The molecule has 1 aliphatic heterocycles. The minimum atomic E-state index is 0.394. The second-order valence-corrected chi connectivity index (χ2v) is 6.17. The summed E-state index contributed by atoms with van der Waals surface area (Å²) in [6.45, 7) is 6.95. The number of piperidine rings is 1. The second-order valence-electron chi connectivity index (χ2n) is 5.10. The van der Waals surface area contributed by atoms with Crippen molar-refractivity contribution in [1.82, 2.24) is 20.0 Å². The van der Waals surface area contributed by atoms with Gasteiger partial charge in [-0.05, 0) is 26.3 Å². The lowest BCUT2D eigenvalue weighted by Crippen LogP contribution is -2.34. The Morgan fingerprint density at radius 3 is 3.00 bits per heavy atom. The molecule has 1 atom stereocenters. The minimum absolute atomic E-state index is 0.394. The van der Waals surface area contributed by atoms with Gasteiger partial charge in [-0.25, -0.2) is 4.98 Å². The van der Waals surface area contributed by atoms with Crippen molar-refractivity contribution in [1.29, 1.82) is 0 Å². The van der Waals surface area contributed by atoms with Crippen LogP contribution in [0.1, 0.15) is 41.2 Å². The van der Waals surface area contributed by atoms with E-state index in [0.29, 0.717) is 11.8 Å². The third kappa shape index (κ3) is 3.01. The molecule has 0 saturated carbocycles. The fourth-order valence-electron chi connectivity index (χ4n) is 2.60. The minimum Gasteiger partial charge on any atom is -0.340 e. The maximum atomic E-state index is 5.08. The molecular weight excluding hydrogens is 260 g/mol. The molecule has 102 valence electrons. The first-order chi connectivity index (χ1) is 9.20. The van der Waals surface area contributed by atoms with E-state index in [9.17, 15) is 0 Å². The van der Waals surface area contributed by atoms with Gasteiger partial charge in [-0.2, -0.15) is 4.98 Å². The molecule has 0 radical (unpaired) electrons. The van der Waals surface area contributed by atoms with Crippen LogP contribution in [0.5, 0.6) is 0 Å². The van der Waals surface area contributed by atoms with Crippen LogP contribution < -0.4 is 0 Å². The highest BCUT2D eigenvalue weighted by molar-refractivity contribution is 7.09. The molecule has 0 N–H and O–H groups in total. The molecule has 0 amide bonds. The van der Waals surface area contributed by atoms with Crippen LogP contribution in [0.2, 0.25) is 0 Å². The van der Waals surface area contributed by atoms with E-state index >= 15 is 0 Å². The number of rotatable bonds is 3. The standard InChI is InChI=1S/C13H18N4OS/c1-9-14-13(16-18-9)11-4-3-5-17(6-11)7-12-8-19-10(2)15-12/h8,11H,3-7H2,1-2H3/t11-/m1/s1. The Morgan fingerprint density at radius 1 is 1.42 bits per heavy atom. The van der Waals surface area contributed by atoms with E-state index in [4.69, 9.17) is 4.52 Å². The summed E-state index contributed by atoms with van der Waals surface area (Å²) in [4.78, 5) is 11.3. The summed E-state index contributed by atoms with van der Waals surface area (Å²) in [6.07, 6.45) is 2.33. The third-order valence-electron chi connectivity index (χ3n) is 3.47. The van der Waals surface area contributed by atoms with Gasteiger partial charge in [-0.15, -0.1) is 11.3 Å². The Hall–Kier alpha value is -1.27. The van der Waals surface area contributed by atoms with Crippen LogP contribution in [0.4, 0.5) is 0 Å². The lowest BCUT2D eigenvalue weighted by Gasteiger charge is -2.30. The highest BCUT2D eigenvalue weighted by Crippen LogP contribution is 2.26. The monoisotopic (exact) mass is 278 g/mol. The number of nitrogens with zero attached hydrogens (tertiary/aromatic N) is 4.